The van der Waals surface area contributed by atoms with E-state index in [2.05, 4.69) is 13.8 Å². The van der Waals surface area contributed by atoms with Gasteiger partial charge in [-0.1, -0.05) is 146 Å². The molecule has 0 aromatic rings. The van der Waals surface area contributed by atoms with E-state index in [-0.39, 0.29) is 97.4 Å². The van der Waals surface area contributed by atoms with Gasteiger partial charge in [0, 0.05) is 51.4 Å². The fourth-order valence-corrected chi connectivity index (χ4v) is 19.2. The van der Waals surface area contributed by atoms with Gasteiger partial charge in [0.15, 0.2) is 12.9 Å². The molecule has 24 atom stereocenters. The zero-order valence-electron chi connectivity index (χ0n) is 50.0. The van der Waals surface area contributed by atoms with Crippen molar-refractivity contribution < 1.29 is 95.1 Å². The molecule has 0 unspecified atom stereocenters. The van der Waals surface area contributed by atoms with Gasteiger partial charge in [0.25, 0.3) is 11.9 Å². The quantitative estimate of drug-likeness (QED) is 0.142. The fourth-order valence-electron chi connectivity index (χ4n) is 19.2. The molecule has 2 aliphatic carbocycles. The Hall–Kier alpha value is -0.890. The lowest BCUT2D eigenvalue weighted by Crippen LogP contribution is -2.70. The van der Waals surface area contributed by atoms with E-state index in [9.17, 15) is 28.8 Å². The molecule has 14 rings (SSSR count). The van der Waals surface area contributed by atoms with Crippen LogP contribution in [-0.2, 0) is 95.1 Å². The van der Waals surface area contributed by atoms with Gasteiger partial charge < -0.3 is 56.8 Å². The van der Waals surface area contributed by atoms with Gasteiger partial charge in [-0.15, -0.1) is 0 Å². The van der Waals surface area contributed by atoms with Gasteiger partial charge in [-0.05, 0) is 65.2 Å². The zero-order valence-corrected chi connectivity index (χ0v) is 56.8. The highest BCUT2D eigenvalue weighted by atomic mass is 35.6. The number of carbonyl (C=O) groups excluding carboxylic acids is 6. The molecule has 0 amide bonds. The summed E-state index contributed by atoms with van der Waals surface area (Å²) in [5.74, 6) is -9.68. The molecule has 486 valence electrons. The van der Waals surface area contributed by atoms with Crippen LogP contribution in [0.5, 0.6) is 0 Å². The lowest BCUT2D eigenvalue weighted by Gasteiger charge is -2.60. The second-order valence-corrected chi connectivity index (χ2v) is 33.4. The normalized spacial score (nSPS) is 51.5. The van der Waals surface area contributed by atoms with Gasteiger partial charge in [-0.25, -0.2) is 0 Å². The average molecular weight is 1400 g/mol. The van der Waals surface area contributed by atoms with Crippen molar-refractivity contribution in [2.45, 2.75) is 231 Å². The molecule has 86 heavy (non-hydrogen) atoms. The number of alkyl halides is 9. The minimum Gasteiger partial charge on any atom is -0.465 e. The molecule has 12 heterocycles. The number of halogens is 9. The van der Waals surface area contributed by atoms with Crippen molar-refractivity contribution in [3.05, 3.63) is 0 Å². The van der Waals surface area contributed by atoms with Crippen molar-refractivity contribution in [1.82, 2.24) is 0 Å². The predicted molar refractivity (Wildman–Crippen MR) is 308 cm³/mol. The number of carbonyl (C=O) groups is 6. The van der Waals surface area contributed by atoms with Gasteiger partial charge in [0.05, 0.1) is 80.9 Å². The number of hydrogen-bond donors (Lipinski definition) is 0. The summed E-state index contributed by atoms with van der Waals surface area (Å²) >= 11 is 43.3. The third-order valence-corrected chi connectivity index (χ3v) is 22.8. The number of rotatable bonds is 2. The maximum absolute atomic E-state index is 13.0. The standard InChI is InChI=1S/2C27H36O10.3CHCl3/c2*1-12-15(32-14(3)28)8-16-22(4,5)33-17-9-18(29)31-11-25(16,17)26(12)10-23(6)13(2)19-20-24(7,35-21(19)30)36-27(23,34-20)37-26;3*2-1(3)4/h2*12-13,15-17,19-20H,8-11H2,1-7H3;3*1H/t2*12-,13-,15-,16-,17-,19+,20-,23+,24-,25+,26-,27+;;;/m00.../s1. The largest absolute Gasteiger partial charge is 0.465 e. The summed E-state index contributed by atoms with van der Waals surface area (Å²) in [6.45, 7) is 26.9. The Balaban J connectivity index is 0.000000161. The third-order valence-electron chi connectivity index (χ3n) is 22.8. The van der Waals surface area contributed by atoms with E-state index in [1.54, 1.807) is 13.8 Å². The first kappa shape index (κ1) is 68.0. The van der Waals surface area contributed by atoms with Crippen LogP contribution in [0.15, 0.2) is 0 Å². The average Bonchev–Trinajstić information content (AvgIpc) is 1.47. The second kappa shape index (κ2) is 22.1. The summed E-state index contributed by atoms with van der Waals surface area (Å²) in [6.07, 6.45) is -0.750. The number of esters is 6. The van der Waals surface area contributed by atoms with E-state index in [0.29, 0.717) is 25.7 Å². The topological polar surface area (TPSA) is 232 Å². The summed E-state index contributed by atoms with van der Waals surface area (Å²) in [4.78, 5) is 75.5. The van der Waals surface area contributed by atoms with Gasteiger partial charge in [-0.3, -0.25) is 38.2 Å². The summed E-state index contributed by atoms with van der Waals surface area (Å²) in [7, 11) is 0. The van der Waals surface area contributed by atoms with Crippen molar-refractivity contribution in [3.63, 3.8) is 0 Å². The smallest absolute Gasteiger partial charge is 0.314 e. The van der Waals surface area contributed by atoms with Crippen LogP contribution in [0.25, 0.3) is 0 Å². The SMILES string of the molecule is CC(=O)O[C@H]1C[C@H]2C(C)(C)O[C@H]3CC(=O)OC[C@]32[C@]2(C[C@]3(C)[C@@H](C)[C@H]4C(=O)O[C@@]5(C)O[C@@]3(O[C@@H]45)O2)[C@H]1C.CC(=O)O[C@H]1C[C@H]2C(C)(C)O[C@H]3CC(=O)OC[C@]32[C@]2(C[C@]3(C)[C@@H](C)[C@H]4C(=O)O[C@@]5(C)O[C@@]3(O[C@@H]45)O2)[C@H]1C.ClC(Cl)Cl.ClC(Cl)Cl.ClC(Cl)Cl. The molecule has 4 bridgehead atoms. The lowest BCUT2D eigenvalue weighted by atomic mass is 9.46. The molecule has 0 radical (unpaired) electrons. The summed E-state index contributed by atoms with van der Waals surface area (Å²) in [5, 5.41) is 0. The first-order chi connectivity index (χ1) is 39.5. The maximum atomic E-state index is 13.0. The van der Waals surface area contributed by atoms with Crippen LogP contribution in [0.1, 0.15) is 135 Å². The van der Waals surface area contributed by atoms with Crippen LogP contribution in [0.4, 0.5) is 0 Å². The third kappa shape index (κ3) is 9.64. The molecule has 14 aliphatic rings. The number of hydrogen-bond acceptors (Lipinski definition) is 20. The molecular formula is C57H75Cl9O20. The van der Waals surface area contributed by atoms with Gasteiger partial charge in [-0.2, -0.15) is 0 Å². The van der Waals surface area contributed by atoms with Crippen LogP contribution in [0.2, 0.25) is 0 Å². The van der Waals surface area contributed by atoms with E-state index in [1.807, 2.05) is 55.4 Å². The van der Waals surface area contributed by atoms with E-state index < -0.39 is 129 Å². The molecular weight excluding hydrogens is 1320 g/mol. The first-order valence-corrected chi connectivity index (χ1v) is 32.8. The minimum absolute atomic E-state index is 0.113. The molecule has 6 spiro atoms. The number of cyclic esters (lactones) is 2. The highest BCUT2D eigenvalue weighted by molar-refractivity contribution is 6.63. The monoisotopic (exact) mass is 1390 g/mol. The Morgan fingerprint density at radius 3 is 1.10 bits per heavy atom. The van der Waals surface area contributed by atoms with Crippen molar-refractivity contribution in [2.24, 2.45) is 69.0 Å². The van der Waals surface area contributed by atoms with Crippen molar-refractivity contribution in [1.29, 1.82) is 0 Å². The Morgan fingerprint density at radius 1 is 0.488 bits per heavy atom. The molecule has 20 nitrogen and oxygen atoms in total. The second-order valence-electron chi connectivity index (χ2n) is 27.5. The van der Waals surface area contributed by atoms with Gasteiger partial charge in [0.1, 0.15) is 37.6 Å². The summed E-state index contributed by atoms with van der Waals surface area (Å²) in [6, 6.07) is 0. The predicted octanol–water partition coefficient (Wildman–Crippen LogP) is 10.9. The summed E-state index contributed by atoms with van der Waals surface area (Å²) < 4.78 is 86.7. The van der Waals surface area contributed by atoms with Gasteiger partial charge in [0.2, 0.25) is 11.6 Å². The molecule has 0 N–H and O–H groups in total. The van der Waals surface area contributed by atoms with E-state index >= 15 is 0 Å². The molecule has 0 aromatic heterocycles. The number of ether oxygens (including phenoxy) is 14. The zero-order chi connectivity index (χ0) is 63.8. The Bertz CT molecular complexity index is 2590. The Morgan fingerprint density at radius 2 is 0.802 bits per heavy atom. The molecule has 0 aromatic carbocycles. The lowest BCUT2D eigenvalue weighted by molar-refractivity contribution is -0.437. The first-order valence-electron chi connectivity index (χ1n) is 28.9. The molecule has 12 aliphatic heterocycles. The molecule has 29 heteroatoms. The van der Waals surface area contributed by atoms with Crippen LogP contribution >= 0.6 is 104 Å². The molecule has 14 fully saturated rings. The summed E-state index contributed by atoms with van der Waals surface area (Å²) in [5.41, 5.74) is -6.21. The Labute approximate surface area is 544 Å². The highest BCUT2D eigenvalue weighted by Crippen LogP contribution is 2.79. The van der Waals surface area contributed by atoms with Crippen LogP contribution < -0.4 is 0 Å². The van der Waals surface area contributed by atoms with Crippen molar-refractivity contribution >= 4 is 140 Å². The van der Waals surface area contributed by atoms with Gasteiger partial charge >= 0.3 is 35.8 Å². The van der Waals surface area contributed by atoms with Crippen LogP contribution in [0.3, 0.4) is 0 Å². The van der Waals surface area contributed by atoms with E-state index in [1.165, 1.54) is 13.8 Å². The fraction of sp³-hybridized carbons (Fsp3) is 0.895. The highest BCUT2D eigenvalue weighted by Gasteiger charge is 2.91. The van der Waals surface area contributed by atoms with E-state index in [4.69, 9.17) is 171 Å². The van der Waals surface area contributed by atoms with E-state index in [0.717, 1.165) is 0 Å². The van der Waals surface area contributed by atoms with Crippen molar-refractivity contribution in [2.75, 3.05) is 13.2 Å². The van der Waals surface area contributed by atoms with Crippen molar-refractivity contribution in [3.8, 4) is 0 Å². The molecule has 2 saturated carbocycles. The van der Waals surface area contributed by atoms with Crippen LogP contribution in [0, 0.1) is 69.0 Å². The maximum Gasteiger partial charge on any atom is 0.314 e. The Kier molecular flexibility index (Phi) is 17.5. The molecule has 12 saturated heterocycles. The minimum atomic E-state index is -1.48. The van der Waals surface area contributed by atoms with Crippen LogP contribution in [-0.4, -0.2) is 144 Å².